The Morgan fingerprint density at radius 1 is 1.42 bits per heavy atom. The molecule has 2 nitrogen and oxygen atoms in total. The fraction of sp³-hybridized carbons (Fsp3) is 0.625. The van der Waals surface area contributed by atoms with Crippen LogP contribution in [-0.4, -0.2) is 19.2 Å². The second kappa shape index (κ2) is 6.76. The van der Waals surface area contributed by atoms with E-state index in [2.05, 4.69) is 35.1 Å². The normalized spacial score (nSPS) is 18.1. The van der Waals surface area contributed by atoms with E-state index in [9.17, 15) is 0 Å². The summed E-state index contributed by atoms with van der Waals surface area (Å²) in [6, 6.07) is 8.84. The molecule has 1 saturated carbocycles. The van der Waals surface area contributed by atoms with E-state index in [1.54, 1.807) is 0 Å². The Labute approximate surface area is 125 Å². The van der Waals surface area contributed by atoms with Crippen molar-refractivity contribution in [2.75, 3.05) is 13.2 Å². The van der Waals surface area contributed by atoms with Crippen molar-refractivity contribution in [2.24, 2.45) is 5.41 Å². The van der Waals surface area contributed by atoms with E-state index in [4.69, 9.17) is 4.74 Å². The molecule has 106 valence electrons. The highest BCUT2D eigenvalue weighted by Gasteiger charge is 2.27. The van der Waals surface area contributed by atoms with Crippen molar-refractivity contribution in [1.82, 2.24) is 5.32 Å². The fourth-order valence-corrected chi connectivity index (χ4v) is 2.42. The summed E-state index contributed by atoms with van der Waals surface area (Å²) in [4.78, 5) is 0. The van der Waals surface area contributed by atoms with Crippen molar-refractivity contribution in [1.29, 1.82) is 0 Å². The van der Waals surface area contributed by atoms with E-state index in [1.807, 2.05) is 24.3 Å². The van der Waals surface area contributed by atoms with E-state index in [0.717, 1.165) is 35.8 Å². The van der Waals surface area contributed by atoms with Crippen LogP contribution in [-0.2, 0) is 0 Å². The molecule has 0 aliphatic heterocycles. The summed E-state index contributed by atoms with van der Waals surface area (Å²) in [5.41, 5.74) is 0.342. The lowest BCUT2D eigenvalue weighted by Gasteiger charge is -2.28. The second-order valence-corrected chi connectivity index (χ2v) is 6.79. The van der Waals surface area contributed by atoms with Gasteiger partial charge in [0.1, 0.15) is 5.75 Å². The van der Waals surface area contributed by atoms with E-state index in [1.165, 1.54) is 19.3 Å². The van der Waals surface area contributed by atoms with Gasteiger partial charge in [-0.25, -0.2) is 0 Å². The van der Waals surface area contributed by atoms with Crippen LogP contribution in [0.25, 0.3) is 0 Å². The molecule has 1 aliphatic carbocycles. The van der Waals surface area contributed by atoms with Crippen LogP contribution in [0.15, 0.2) is 28.7 Å². The van der Waals surface area contributed by atoms with Crippen LogP contribution in [0.5, 0.6) is 5.75 Å². The lowest BCUT2D eigenvalue weighted by Crippen LogP contribution is -2.34. The average molecular weight is 326 g/mol. The molecule has 1 N–H and O–H groups in total. The highest BCUT2D eigenvalue weighted by molar-refractivity contribution is 9.10. The van der Waals surface area contributed by atoms with Gasteiger partial charge < -0.3 is 10.1 Å². The van der Waals surface area contributed by atoms with Crippen molar-refractivity contribution < 1.29 is 4.74 Å². The zero-order chi connectivity index (χ0) is 13.7. The summed E-state index contributed by atoms with van der Waals surface area (Å²) in [6.45, 7) is 6.52. The lowest BCUT2D eigenvalue weighted by molar-refractivity contribution is 0.199. The number of ether oxygens (including phenoxy) is 1. The van der Waals surface area contributed by atoms with Gasteiger partial charge in [0.2, 0.25) is 0 Å². The Morgan fingerprint density at radius 3 is 2.84 bits per heavy atom. The number of hydrogen-bond acceptors (Lipinski definition) is 2. The van der Waals surface area contributed by atoms with Crippen molar-refractivity contribution >= 4 is 15.9 Å². The first-order valence-corrected chi connectivity index (χ1v) is 8.02. The summed E-state index contributed by atoms with van der Waals surface area (Å²) in [5.74, 6) is 0.947. The van der Waals surface area contributed by atoms with Crippen molar-refractivity contribution in [3.05, 3.63) is 28.7 Å². The van der Waals surface area contributed by atoms with Gasteiger partial charge in [-0.3, -0.25) is 0 Å². The van der Waals surface area contributed by atoms with Gasteiger partial charge in [-0.05, 0) is 49.3 Å². The van der Waals surface area contributed by atoms with Gasteiger partial charge in [0.15, 0.2) is 0 Å². The largest absolute Gasteiger partial charge is 0.494 e. The predicted octanol–water partition coefficient (Wildman–Crippen LogP) is 4.39. The topological polar surface area (TPSA) is 21.3 Å². The molecule has 3 heteroatoms. The van der Waals surface area contributed by atoms with E-state index in [-0.39, 0.29) is 0 Å². The molecule has 1 atom stereocenters. The summed E-state index contributed by atoms with van der Waals surface area (Å²) in [5, 5.41) is 3.64. The van der Waals surface area contributed by atoms with Crippen LogP contribution in [0.1, 0.15) is 39.5 Å². The van der Waals surface area contributed by atoms with Gasteiger partial charge in [-0.1, -0.05) is 35.8 Å². The molecular formula is C16H24BrNO. The van der Waals surface area contributed by atoms with Gasteiger partial charge in [0.05, 0.1) is 6.61 Å². The number of nitrogens with one attached hydrogen (secondary N) is 1. The molecular weight excluding hydrogens is 302 g/mol. The van der Waals surface area contributed by atoms with Crippen molar-refractivity contribution in [2.45, 2.75) is 45.6 Å². The number of benzene rings is 1. The molecule has 0 saturated heterocycles. The Bertz CT molecular complexity index is 405. The quantitative estimate of drug-likeness (QED) is 0.765. The van der Waals surface area contributed by atoms with Gasteiger partial charge in [-0.15, -0.1) is 0 Å². The van der Waals surface area contributed by atoms with E-state index < -0.39 is 0 Å². The Balaban J connectivity index is 1.75. The molecule has 0 radical (unpaired) electrons. The maximum atomic E-state index is 5.85. The maximum Gasteiger partial charge on any atom is 0.120 e. The molecule has 1 unspecified atom stereocenters. The molecule has 2 rings (SSSR count). The summed E-state index contributed by atoms with van der Waals surface area (Å²) in [6.07, 6.45) is 4.99. The van der Waals surface area contributed by atoms with Crippen LogP contribution in [0.4, 0.5) is 0 Å². The molecule has 0 spiro atoms. The molecule has 1 aromatic rings. The molecule has 0 amide bonds. The number of hydrogen-bond donors (Lipinski definition) is 1. The van der Waals surface area contributed by atoms with Crippen LogP contribution in [0.2, 0.25) is 0 Å². The van der Waals surface area contributed by atoms with Crippen molar-refractivity contribution in [3.8, 4) is 5.75 Å². The standard InChI is InChI=1S/C16H24BrNO/c1-3-16(2,12-18-14-7-8-14)9-10-19-15-6-4-5-13(17)11-15/h4-6,11,14,18H,3,7-10,12H2,1-2H3. The maximum absolute atomic E-state index is 5.85. The first-order valence-electron chi connectivity index (χ1n) is 7.23. The zero-order valence-corrected chi connectivity index (χ0v) is 13.5. The highest BCUT2D eigenvalue weighted by Crippen LogP contribution is 2.28. The van der Waals surface area contributed by atoms with Gasteiger partial charge in [0, 0.05) is 17.1 Å². The van der Waals surface area contributed by atoms with Crippen LogP contribution < -0.4 is 10.1 Å². The summed E-state index contributed by atoms with van der Waals surface area (Å²) < 4.78 is 6.92. The minimum atomic E-state index is 0.342. The number of rotatable bonds is 8. The van der Waals surface area contributed by atoms with E-state index in [0.29, 0.717) is 5.41 Å². The molecule has 0 bridgehead atoms. The Hall–Kier alpha value is -0.540. The van der Waals surface area contributed by atoms with Crippen molar-refractivity contribution in [3.63, 3.8) is 0 Å². The SMILES string of the molecule is CCC(C)(CCOc1cccc(Br)c1)CNC1CC1. The summed E-state index contributed by atoms with van der Waals surface area (Å²) in [7, 11) is 0. The third kappa shape index (κ3) is 5.15. The van der Waals surface area contributed by atoms with Gasteiger partial charge in [-0.2, -0.15) is 0 Å². The Morgan fingerprint density at radius 2 is 2.21 bits per heavy atom. The third-order valence-corrected chi connectivity index (χ3v) is 4.51. The second-order valence-electron chi connectivity index (χ2n) is 5.88. The minimum absolute atomic E-state index is 0.342. The lowest BCUT2D eigenvalue weighted by atomic mass is 9.84. The monoisotopic (exact) mass is 325 g/mol. The minimum Gasteiger partial charge on any atom is -0.494 e. The molecule has 1 fully saturated rings. The third-order valence-electron chi connectivity index (χ3n) is 4.02. The average Bonchev–Trinajstić information content (AvgIpc) is 3.21. The fourth-order valence-electron chi connectivity index (χ4n) is 2.04. The molecule has 1 aliphatic rings. The molecule has 0 aromatic heterocycles. The summed E-state index contributed by atoms with van der Waals surface area (Å²) >= 11 is 3.46. The zero-order valence-electron chi connectivity index (χ0n) is 11.9. The smallest absolute Gasteiger partial charge is 0.120 e. The van der Waals surface area contributed by atoms with Gasteiger partial charge in [0.25, 0.3) is 0 Å². The van der Waals surface area contributed by atoms with E-state index >= 15 is 0 Å². The predicted molar refractivity (Wildman–Crippen MR) is 83.7 cm³/mol. The first-order chi connectivity index (χ1) is 9.11. The van der Waals surface area contributed by atoms with Crippen LogP contribution in [0, 0.1) is 5.41 Å². The number of halogens is 1. The first kappa shape index (κ1) is 14.9. The Kier molecular flexibility index (Phi) is 5.28. The van der Waals surface area contributed by atoms with Crippen LogP contribution in [0.3, 0.4) is 0 Å². The van der Waals surface area contributed by atoms with Crippen LogP contribution >= 0.6 is 15.9 Å². The molecule has 0 heterocycles. The van der Waals surface area contributed by atoms with Gasteiger partial charge >= 0.3 is 0 Å². The molecule has 1 aromatic carbocycles. The highest BCUT2D eigenvalue weighted by atomic mass is 79.9. The molecule has 19 heavy (non-hydrogen) atoms.